The molecule has 4 rings (SSSR count). The fraction of sp³-hybridized carbons (Fsp3) is 0.320. The van der Waals surface area contributed by atoms with Gasteiger partial charge in [0.15, 0.2) is 5.76 Å². The third-order valence-electron chi connectivity index (χ3n) is 5.67. The second-order valence-electron chi connectivity index (χ2n) is 7.62. The lowest BCUT2D eigenvalue weighted by Crippen LogP contribution is -2.40. The zero-order valence-electron chi connectivity index (χ0n) is 18.2. The number of piperidine rings is 1. The average Bonchev–Trinajstić information content (AvgIpc) is 3.34. The van der Waals surface area contributed by atoms with Crippen LogP contribution in [0.2, 0.25) is 0 Å². The van der Waals surface area contributed by atoms with E-state index in [-0.39, 0.29) is 17.8 Å². The molecule has 1 fully saturated rings. The molecule has 0 saturated carbocycles. The van der Waals surface area contributed by atoms with E-state index in [9.17, 15) is 9.59 Å². The Morgan fingerprint density at radius 1 is 1.09 bits per heavy atom. The van der Waals surface area contributed by atoms with Crippen molar-refractivity contribution in [2.24, 2.45) is 5.92 Å². The van der Waals surface area contributed by atoms with Gasteiger partial charge >= 0.3 is 5.97 Å². The molecule has 7 heteroatoms. The van der Waals surface area contributed by atoms with Crippen LogP contribution in [0.25, 0.3) is 22.8 Å². The monoisotopic (exact) mass is 434 g/mol. The van der Waals surface area contributed by atoms with Crippen LogP contribution in [-0.2, 0) is 9.53 Å². The van der Waals surface area contributed by atoms with Gasteiger partial charge in [-0.3, -0.25) is 9.59 Å². The SMILES string of the molecule is CCOC(=O)C1CCN(C(=O)c2ccccc2-c2ncc(-c3ccc(OC)cc3)o2)CC1. The summed E-state index contributed by atoms with van der Waals surface area (Å²) < 4.78 is 16.3. The van der Waals surface area contributed by atoms with Crippen molar-refractivity contribution in [3.05, 3.63) is 60.3 Å². The van der Waals surface area contributed by atoms with Gasteiger partial charge in [0, 0.05) is 24.2 Å². The Kier molecular flexibility index (Phi) is 6.54. The number of aromatic nitrogens is 1. The van der Waals surface area contributed by atoms with E-state index in [1.165, 1.54) is 0 Å². The van der Waals surface area contributed by atoms with Crippen molar-refractivity contribution < 1.29 is 23.5 Å². The van der Waals surface area contributed by atoms with E-state index in [2.05, 4.69) is 4.98 Å². The van der Waals surface area contributed by atoms with Gasteiger partial charge in [-0.15, -0.1) is 0 Å². The Balaban J connectivity index is 1.52. The fourth-order valence-electron chi connectivity index (χ4n) is 3.89. The number of esters is 1. The molecule has 1 amide bonds. The van der Waals surface area contributed by atoms with Crippen LogP contribution in [0.15, 0.2) is 59.1 Å². The van der Waals surface area contributed by atoms with Crippen LogP contribution in [0.1, 0.15) is 30.1 Å². The number of rotatable bonds is 6. The zero-order valence-corrected chi connectivity index (χ0v) is 18.2. The van der Waals surface area contributed by atoms with Crippen molar-refractivity contribution >= 4 is 11.9 Å². The van der Waals surface area contributed by atoms with Crippen molar-refractivity contribution in [2.75, 3.05) is 26.8 Å². The summed E-state index contributed by atoms with van der Waals surface area (Å²) in [5, 5.41) is 0. The first-order chi connectivity index (χ1) is 15.6. The van der Waals surface area contributed by atoms with Gasteiger partial charge in [-0.05, 0) is 56.2 Å². The molecule has 0 spiro atoms. The molecule has 0 unspecified atom stereocenters. The van der Waals surface area contributed by atoms with E-state index in [0.717, 1.165) is 11.3 Å². The second-order valence-corrected chi connectivity index (χ2v) is 7.62. The van der Waals surface area contributed by atoms with Crippen LogP contribution in [0.3, 0.4) is 0 Å². The number of ether oxygens (including phenoxy) is 2. The Labute approximate surface area is 187 Å². The highest BCUT2D eigenvalue weighted by Gasteiger charge is 2.30. The normalized spacial score (nSPS) is 14.2. The molecule has 0 atom stereocenters. The first-order valence-electron chi connectivity index (χ1n) is 10.8. The summed E-state index contributed by atoms with van der Waals surface area (Å²) in [6.07, 6.45) is 2.87. The van der Waals surface area contributed by atoms with Gasteiger partial charge in [-0.2, -0.15) is 0 Å². The second kappa shape index (κ2) is 9.68. The van der Waals surface area contributed by atoms with Gasteiger partial charge in [0.25, 0.3) is 5.91 Å². The van der Waals surface area contributed by atoms with Gasteiger partial charge in [-0.25, -0.2) is 4.98 Å². The van der Waals surface area contributed by atoms with Gasteiger partial charge in [-0.1, -0.05) is 12.1 Å². The largest absolute Gasteiger partial charge is 0.497 e. The maximum absolute atomic E-state index is 13.3. The maximum atomic E-state index is 13.3. The van der Waals surface area contributed by atoms with Crippen LogP contribution in [0.5, 0.6) is 5.75 Å². The van der Waals surface area contributed by atoms with Crippen LogP contribution < -0.4 is 4.74 Å². The summed E-state index contributed by atoms with van der Waals surface area (Å²) in [7, 11) is 1.62. The summed E-state index contributed by atoms with van der Waals surface area (Å²) >= 11 is 0. The minimum Gasteiger partial charge on any atom is -0.497 e. The third-order valence-corrected chi connectivity index (χ3v) is 5.67. The zero-order chi connectivity index (χ0) is 22.5. The first-order valence-corrected chi connectivity index (χ1v) is 10.8. The molecule has 0 N–H and O–H groups in total. The first kappa shape index (κ1) is 21.6. The highest BCUT2D eigenvalue weighted by molar-refractivity contribution is 6.00. The van der Waals surface area contributed by atoms with E-state index in [0.29, 0.717) is 55.3 Å². The molecular formula is C25H26N2O5. The molecule has 0 aliphatic carbocycles. The lowest BCUT2D eigenvalue weighted by Gasteiger charge is -2.31. The molecular weight excluding hydrogens is 408 g/mol. The molecule has 32 heavy (non-hydrogen) atoms. The number of oxazole rings is 1. The molecule has 1 aliphatic heterocycles. The summed E-state index contributed by atoms with van der Waals surface area (Å²) in [6, 6.07) is 14.8. The van der Waals surface area contributed by atoms with Crippen molar-refractivity contribution in [3.8, 4) is 28.5 Å². The Bertz CT molecular complexity index is 1080. The quantitative estimate of drug-likeness (QED) is 0.534. The highest BCUT2D eigenvalue weighted by Crippen LogP contribution is 2.30. The molecule has 2 aromatic carbocycles. The molecule has 0 radical (unpaired) electrons. The number of hydrogen-bond acceptors (Lipinski definition) is 6. The number of hydrogen-bond donors (Lipinski definition) is 0. The van der Waals surface area contributed by atoms with Gasteiger partial charge < -0.3 is 18.8 Å². The highest BCUT2D eigenvalue weighted by atomic mass is 16.5. The lowest BCUT2D eigenvalue weighted by molar-refractivity contribution is -0.149. The summed E-state index contributed by atoms with van der Waals surface area (Å²) in [5.41, 5.74) is 2.05. The summed E-state index contributed by atoms with van der Waals surface area (Å²) in [6.45, 7) is 3.20. The van der Waals surface area contributed by atoms with Crippen LogP contribution in [-0.4, -0.2) is 48.6 Å². The average molecular weight is 434 g/mol. The van der Waals surface area contributed by atoms with Crippen LogP contribution in [0.4, 0.5) is 0 Å². The van der Waals surface area contributed by atoms with Crippen molar-refractivity contribution in [1.82, 2.24) is 9.88 Å². The molecule has 3 aromatic rings. The van der Waals surface area contributed by atoms with E-state index < -0.39 is 0 Å². The predicted octanol–water partition coefficient (Wildman–Crippen LogP) is 4.43. The van der Waals surface area contributed by atoms with Crippen LogP contribution in [0, 0.1) is 5.92 Å². The summed E-state index contributed by atoms with van der Waals surface area (Å²) in [4.78, 5) is 31.5. The molecule has 0 bridgehead atoms. The molecule has 1 aliphatic rings. The van der Waals surface area contributed by atoms with E-state index in [1.807, 2.05) is 42.5 Å². The third kappa shape index (κ3) is 4.51. The van der Waals surface area contributed by atoms with E-state index >= 15 is 0 Å². The fourth-order valence-corrected chi connectivity index (χ4v) is 3.89. The standard InChI is InChI=1S/C25H26N2O5/c1-3-31-25(29)18-12-14-27(15-13-18)24(28)21-7-5-4-6-20(21)23-26-16-22(32-23)17-8-10-19(30-2)11-9-17/h4-11,16,18H,3,12-15H2,1-2H3. The van der Waals surface area contributed by atoms with Crippen molar-refractivity contribution in [3.63, 3.8) is 0 Å². The number of benzene rings is 2. The molecule has 2 heterocycles. The number of carbonyl (C=O) groups excluding carboxylic acids is 2. The molecule has 1 aromatic heterocycles. The Morgan fingerprint density at radius 3 is 2.50 bits per heavy atom. The van der Waals surface area contributed by atoms with Gasteiger partial charge in [0.2, 0.25) is 5.89 Å². The molecule has 1 saturated heterocycles. The van der Waals surface area contributed by atoms with Crippen molar-refractivity contribution in [1.29, 1.82) is 0 Å². The lowest BCUT2D eigenvalue weighted by atomic mass is 9.96. The van der Waals surface area contributed by atoms with Crippen molar-refractivity contribution in [2.45, 2.75) is 19.8 Å². The van der Waals surface area contributed by atoms with Crippen LogP contribution >= 0.6 is 0 Å². The van der Waals surface area contributed by atoms with Gasteiger partial charge in [0.1, 0.15) is 5.75 Å². The minimum atomic E-state index is -0.175. The molecule has 166 valence electrons. The molecule has 7 nitrogen and oxygen atoms in total. The maximum Gasteiger partial charge on any atom is 0.309 e. The Morgan fingerprint density at radius 2 is 1.81 bits per heavy atom. The number of carbonyl (C=O) groups is 2. The minimum absolute atomic E-state index is 0.0906. The van der Waals surface area contributed by atoms with Gasteiger partial charge in [0.05, 0.1) is 31.4 Å². The number of nitrogens with zero attached hydrogens (tertiary/aromatic N) is 2. The number of likely N-dealkylation sites (tertiary alicyclic amines) is 1. The topological polar surface area (TPSA) is 81.9 Å². The smallest absolute Gasteiger partial charge is 0.309 e. The predicted molar refractivity (Wildman–Crippen MR) is 119 cm³/mol. The Hall–Kier alpha value is -3.61. The summed E-state index contributed by atoms with van der Waals surface area (Å²) in [5.74, 6) is 1.35. The van der Waals surface area contributed by atoms with E-state index in [1.54, 1.807) is 31.2 Å². The van der Waals surface area contributed by atoms with E-state index in [4.69, 9.17) is 13.9 Å². The number of methoxy groups -OCH3 is 1. The number of amides is 1.